The minimum Gasteiger partial charge on any atom is -0.340 e. The molecule has 0 unspecified atom stereocenters. The molecule has 2 aromatic carbocycles. The molecule has 1 fully saturated rings. The molecule has 1 aliphatic heterocycles. The summed E-state index contributed by atoms with van der Waals surface area (Å²) < 4.78 is 30.0. The van der Waals surface area contributed by atoms with Crippen molar-refractivity contribution >= 4 is 37.5 Å². The Labute approximate surface area is 185 Å². The van der Waals surface area contributed by atoms with Gasteiger partial charge in [0.1, 0.15) is 0 Å². The van der Waals surface area contributed by atoms with Gasteiger partial charge in [0, 0.05) is 32.7 Å². The summed E-state index contributed by atoms with van der Waals surface area (Å²) in [6, 6.07) is 12.6. The van der Waals surface area contributed by atoms with Crippen molar-refractivity contribution in [2.24, 2.45) is 0 Å². The molecule has 9 heteroatoms. The predicted octanol–water partition coefficient (Wildman–Crippen LogP) is 2.47. The lowest BCUT2D eigenvalue weighted by molar-refractivity contribution is -0.131. The van der Waals surface area contributed by atoms with Gasteiger partial charge in [-0.05, 0) is 43.2 Å². The maximum absolute atomic E-state index is 13.1. The third-order valence-electron chi connectivity index (χ3n) is 5.79. The van der Waals surface area contributed by atoms with E-state index in [0.717, 1.165) is 28.0 Å². The van der Waals surface area contributed by atoms with Gasteiger partial charge in [0.2, 0.25) is 15.9 Å². The van der Waals surface area contributed by atoms with E-state index in [1.807, 2.05) is 38.1 Å². The fraction of sp³-hybridized carbons (Fsp3) is 0.364. The van der Waals surface area contributed by atoms with Crippen LogP contribution in [0.2, 0.25) is 0 Å². The van der Waals surface area contributed by atoms with Crippen LogP contribution in [0.25, 0.3) is 10.2 Å². The number of piperazine rings is 1. The summed E-state index contributed by atoms with van der Waals surface area (Å²) in [5.41, 5.74) is 2.82. The van der Waals surface area contributed by atoms with Gasteiger partial charge in [-0.1, -0.05) is 35.6 Å². The molecule has 7 nitrogen and oxygen atoms in total. The Balaban J connectivity index is 1.46. The van der Waals surface area contributed by atoms with Crippen molar-refractivity contribution in [3.05, 3.63) is 63.3 Å². The highest BCUT2D eigenvalue weighted by molar-refractivity contribution is 7.89. The molecule has 0 N–H and O–H groups in total. The zero-order valence-corrected chi connectivity index (χ0v) is 19.2. The van der Waals surface area contributed by atoms with Crippen molar-refractivity contribution in [3.8, 4) is 0 Å². The zero-order valence-electron chi connectivity index (χ0n) is 17.6. The predicted molar refractivity (Wildman–Crippen MR) is 122 cm³/mol. The van der Waals surface area contributed by atoms with Gasteiger partial charge >= 0.3 is 4.87 Å². The van der Waals surface area contributed by atoms with Gasteiger partial charge in [0.15, 0.2) is 0 Å². The molecular weight excluding hydrogens is 434 g/mol. The lowest BCUT2D eigenvalue weighted by Crippen LogP contribution is -2.50. The normalized spacial score (nSPS) is 15.5. The number of sulfonamides is 1. The van der Waals surface area contributed by atoms with Gasteiger partial charge in [0.05, 0.1) is 21.5 Å². The molecule has 0 atom stereocenters. The molecule has 1 saturated heterocycles. The van der Waals surface area contributed by atoms with Crippen LogP contribution in [0.3, 0.4) is 0 Å². The number of aromatic nitrogens is 1. The Kier molecular flexibility index (Phi) is 6.00. The number of hydrogen-bond acceptors (Lipinski definition) is 5. The average Bonchev–Trinajstić information content (AvgIpc) is 3.09. The van der Waals surface area contributed by atoms with E-state index < -0.39 is 10.0 Å². The van der Waals surface area contributed by atoms with Crippen LogP contribution in [-0.2, 0) is 27.8 Å². The number of thiazole rings is 1. The van der Waals surface area contributed by atoms with Crippen molar-refractivity contribution in [1.82, 2.24) is 13.8 Å². The van der Waals surface area contributed by atoms with Crippen LogP contribution in [-0.4, -0.2) is 54.3 Å². The number of amides is 1. The maximum Gasteiger partial charge on any atom is 0.308 e. The summed E-state index contributed by atoms with van der Waals surface area (Å²) in [4.78, 5) is 26.6. The number of carbonyl (C=O) groups excluding carboxylic acids is 1. The lowest BCUT2D eigenvalue weighted by atomic mass is 10.1. The van der Waals surface area contributed by atoms with E-state index >= 15 is 0 Å². The second-order valence-electron chi connectivity index (χ2n) is 7.63. The van der Waals surface area contributed by atoms with E-state index in [1.54, 1.807) is 27.7 Å². The van der Waals surface area contributed by atoms with E-state index in [1.165, 1.54) is 4.31 Å². The first-order valence-electron chi connectivity index (χ1n) is 10.3. The summed E-state index contributed by atoms with van der Waals surface area (Å²) in [6.45, 7) is 5.66. The number of aryl methyl sites for hydroxylation is 2. The number of carbonyl (C=O) groups is 1. The van der Waals surface area contributed by atoms with Crippen LogP contribution in [0.4, 0.5) is 0 Å². The Morgan fingerprint density at radius 2 is 1.77 bits per heavy atom. The molecular formula is C22H25N3O4S2. The first kappa shape index (κ1) is 21.7. The fourth-order valence-corrected chi connectivity index (χ4v) is 6.43. The summed E-state index contributed by atoms with van der Waals surface area (Å²) in [6.07, 6.45) is 0.323. The van der Waals surface area contributed by atoms with Gasteiger partial charge in [-0.2, -0.15) is 4.31 Å². The molecule has 1 amide bonds. The van der Waals surface area contributed by atoms with Crippen LogP contribution >= 0.6 is 11.3 Å². The van der Waals surface area contributed by atoms with E-state index in [2.05, 4.69) is 0 Å². The second kappa shape index (κ2) is 8.57. The molecule has 0 spiro atoms. The van der Waals surface area contributed by atoms with Gasteiger partial charge in [0.25, 0.3) is 0 Å². The molecule has 1 aromatic heterocycles. The van der Waals surface area contributed by atoms with E-state index in [-0.39, 0.29) is 28.8 Å². The molecule has 0 radical (unpaired) electrons. The van der Waals surface area contributed by atoms with Crippen LogP contribution in [0.1, 0.15) is 18.1 Å². The number of nitrogens with zero attached hydrogens (tertiary/aromatic N) is 3. The summed E-state index contributed by atoms with van der Waals surface area (Å²) in [5, 5.41) is 0. The Morgan fingerprint density at radius 1 is 1.06 bits per heavy atom. The van der Waals surface area contributed by atoms with Crippen molar-refractivity contribution in [2.75, 3.05) is 26.2 Å². The molecule has 0 bridgehead atoms. The fourth-order valence-electron chi connectivity index (χ4n) is 3.92. The van der Waals surface area contributed by atoms with Crippen molar-refractivity contribution in [1.29, 1.82) is 0 Å². The SMILES string of the molecule is CCn1c(=O)sc2cc(S(=O)(=O)N3CCN(C(=O)Cc4ccccc4C)CC3)ccc21. The zero-order chi connectivity index (χ0) is 22.2. The number of rotatable bonds is 5. The molecule has 0 saturated carbocycles. The largest absolute Gasteiger partial charge is 0.340 e. The minimum atomic E-state index is -3.69. The first-order valence-corrected chi connectivity index (χ1v) is 12.5. The highest BCUT2D eigenvalue weighted by Gasteiger charge is 2.30. The van der Waals surface area contributed by atoms with E-state index in [9.17, 15) is 18.0 Å². The summed E-state index contributed by atoms with van der Waals surface area (Å²) >= 11 is 1.06. The van der Waals surface area contributed by atoms with Gasteiger partial charge in [-0.15, -0.1) is 0 Å². The Hall–Kier alpha value is -2.49. The first-order chi connectivity index (χ1) is 14.8. The molecule has 3 aromatic rings. The summed E-state index contributed by atoms with van der Waals surface area (Å²) in [5.74, 6) is 0.0125. The molecule has 31 heavy (non-hydrogen) atoms. The Bertz CT molecular complexity index is 1290. The van der Waals surface area contributed by atoms with Crippen molar-refractivity contribution in [2.45, 2.75) is 31.7 Å². The van der Waals surface area contributed by atoms with Crippen LogP contribution in [0.5, 0.6) is 0 Å². The highest BCUT2D eigenvalue weighted by atomic mass is 32.2. The van der Waals surface area contributed by atoms with Gasteiger partial charge < -0.3 is 4.90 Å². The number of fused-ring (bicyclic) bond motifs is 1. The molecule has 1 aliphatic rings. The molecule has 0 aliphatic carbocycles. The second-order valence-corrected chi connectivity index (χ2v) is 10.6. The monoisotopic (exact) mass is 459 g/mol. The van der Waals surface area contributed by atoms with Gasteiger partial charge in [-0.3, -0.25) is 14.2 Å². The molecule has 164 valence electrons. The number of benzene rings is 2. The topological polar surface area (TPSA) is 79.7 Å². The molecule has 4 rings (SSSR count). The van der Waals surface area contributed by atoms with Crippen LogP contribution in [0, 0.1) is 6.92 Å². The molecule has 2 heterocycles. The summed E-state index contributed by atoms with van der Waals surface area (Å²) in [7, 11) is -3.69. The average molecular weight is 460 g/mol. The van der Waals surface area contributed by atoms with E-state index in [4.69, 9.17) is 0 Å². The Morgan fingerprint density at radius 3 is 2.45 bits per heavy atom. The smallest absolute Gasteiger partial charge is 0.308 e. The third kappa shape index (κ3) is 4.17. The number of hydrogen-bond donors (Lipinski definition) is 0. The van der Waals surface area contributed by atoms with Crippen molar-refractivity contribution < 1.29 is 13.2 Å². The quantitative estimate of drug-likeness (QED) is 0.587. The lowest BCUT2D eigenvalue weighted by Gasteiger charge is -2.34. The standard InChI is InChI=1S/C22H25N3O4S2/c1-3-25-19-9-8-18(15-20(19)30-22(25)27)31(28,29)24-12-10-23(11-13-24)21(26)14-17-7-5-4-6-16(17)2/h4-9,15H,3,10-14H2,1-2H3. The minimum absolute atomic E-state index is 0.0125. The van der Waals surface area contributed by atoms with Crippen molar-refractivity contribution in [3.63, 3.8) is 0 Å². The maximum atomic E-state index is 13.1. The highest BCUT2D eigenvalue weighted by Crippen LogP contribution is 2.25. The van der Waals surface area contributed by atoms with E-state index in [0.29, 0.717) is 30.8 Å². The van der Waals surface area contributed by atoms with Crippen LogP contribution in [0.15, 0.2) is 52.2 Å². The third-order valence-corrected chi connectivity index (χ3v) is 8.62. The van der Waals surface area contributed by atoms with Gasteiger partial charge in [-0.25, -0.2) is 8.42 Å². The van der Waals surface area contributed by atoms with Crippen LogP contribution < -0.4 is 4.87 Å².